The summed E-state index contributed by atoms with van der Waals surface area (Å²) in [6.07, 6.45) is 0.00987. The molecule has 1 fully saturated rings. The Hall–Kier alpha value is -3.95. The molecule has 0 aliphatic carbocycles. The molecule has 0 aromatic heterocycles. The maximum atomic E-state index is 12.6. The molecule has 0 spiro atoms. The van der Waals surface area contributed by atoms with Crippen molar-refractivity contribution in [3.8, 4) is 5.75 Å². The van der Waals surface area contributed by atoms with Crippen molar-refractivity contribution in [2.75, 3.05) is 29.2 Å². The van der Waals surface area contributed by atoms with Crippen molar-refractivity contribution < 1.29 is 24.0 Å². The summed E-state index contributed by atoms with van der Waals surface area (Å²) in [6.45, 7) is 1.53. The Bertz CT molecular complexity index is 1000. The minimum Gasteiger partial charge on any atom is -0.494 e. The average Bonchev–Trinajstić information content (AvgIpc) is 3.10. The molecule has 2 N–H and O–H groups in total. The topological polar surface area (TPSA) is 131 Å². The molecular formula is C20H20N4O6. The minimum atomic E-state index is -0.590. The number of benzene rings is 2. The van der Waals surface area contributed by atoms with E-state index in [4.69, 9.17) is 4.74 Å². The third-order valence-electron chi connectivity index (χ3n) is 4.63. The Balaban J connectivity index is 1.70. The van der Waals surface area contributed by atoms with Crippen LogP contribution in [0.5, 0.6) is 5.75 Å². The standard InChI is InChI=1S/C20H20N4O6/c1-12(25)21-14-3-5-15(6-4-14)22-20(27)13-9-19(26)23(11-13)17-8-7-16(24(28)29)10-18(17)30-2/h3-8,10,13H,9,11H2,1-2H3,(H,21,25)(H,22,27)/t13-/m0/s1. The van der Waals surface area contributed by atoms with Gasteiger partial charge in [0, 0.05) is 37.3 Å². The van der Waals surface area contributed by atoms with Crippen molar-refractivity contribution in [1.29, 1.82) is 0 Å². The molecule has 30 heavy (non-hydrogen) atoms. The third-order valence-corrected chi connectivity index (χ3v) is 4.63. The van der Waals surface area contributed by atoms with Gasteiger partial charge in [0.05, 0.1) is 29.7 Å². The smallest absolute Gasteiger partial charge is 0.273 e. The van der Waals surface area contributed by atoms with Crippen LogP contribution in [0.2, 0.25) is 0 Å². The summed E-state index contributed by atoms with van der Waals surface area (Å²) in [7, 11) is 1.36. The highest BCUT2D eigenvalue weighted by Crippen LogP contribution is 2.36. The van der Waals surface area contributed by atoms with Crippen LogP contribution in [0.15, 0.2) is 42.5 Å². The van der Waals surface area contributed by atoms with Crippen molar-refractivity contribution in [3.63, 3.8) is 0 Å². The number of nitro groups is 1. The second-order valence-electron chi connectivity index (χ2n) is 6.77. The van der Waals surface area contributed by atoms with Gasteiger partial charge in [-0.15, -0.1) is 0 Å². The lowest BCUT2D eigenvalue weighted by Gasteiger charge is -2.19. The van der Waals surface area contributed by atoms with Crippen LogP contribution in [0.25, 0.3) is 0 Å². The Kier molecular flexibility index (Phi) is 5.95. The lowest BCUT2D eigenvalue weighted by Crippen LogP contribution is -2.28. The predicted octanol–water partition coefficient (Wildman–Crippen LogP) is 2.55. The Morgan fingerprint density at radius 3 is 2.33 bits per heavy atom. The second-order valence-corrected chi connectivity index (χ2v) is 6.77. The zero-order chi connectivity index (χ0) is 21.8. The molecule has 156 valence electrons. The van der Waals surface area contributed by atoms with E-state index in [0.717, 1.165) is 0 Å². The van der Waals surface area contributed by atoms with Crippen LogP contribution in [0, 0.1) is 16.0 Å². The summed E-state index contributed by atoms with van der Waals surface area (Å²) in [5.41, 5.74) is 1.36. The molecular weight excluding hydrogens is 392 g/mol. The zero-order valence-electron chi connectivity index (χ0n) is 16.4. The van der Waals surface area contributed by atoms with Crippen LogP contribution in [-0.4, -0.2) is 36.3 Å². The largest absolute Gasteiger partial charge is 0.494 e. The molecule has 3 amide bonds. The Labute approximate surface area is 172 Å². The Morgan fingerprint density at radius 2 is 1.77 bits per heavy atom. The molecule has 0 radical (unpaired) electrons. The summed E-state index contributed by atoms with van der Waals surface area (Å²) in [6, 6.07) is 10.6. The van der Waals surface area contributed by atoms with E-state index in [1.165, 1.54) is 37.1 Å². The number of hydrogen-bond donors (Lipinski definition) is 2. The van der Waals surface area contributed by atoms with E-state index in [0.29, 0.717) is 17.1 Å². The van der Waals surface area contributed by atoms with Gasteiger partial charge >= 0.3 is 0 Å². The van der Waals surface area contributed by atoms with Crippen LogP contribution in [0.1, 0.15) is 13.3 Å². The number of rotatable bonds is 6. The van der Waals surface area contributed by atoms with E-state index >= 15 is 0 Å². The molecule has 2 aromatic carbocycles. The first kappa shape index (κ1) is 20.8. The minimum absolute atomic E-state index is 0.00987. The van der Waals surface area contributed by atoms with E-state index < -0.39 is 10.8 Å². The molecule has 1 atom stereocenters. The monoisotopic (exact) mass is 412 g/mol. The first-order chi connectivity index (χ1) is 14.3. The molecule has 3 rings (SSSR count). The van der Waals surface area contributed by atoms with Gasteiger partial charge in [-0.1, -0.05) is 0 Å². The van der Waals surface area contributed by atoms with Crippen molar-refractivity contribution in [3.05, 3.63) is 52.6 Å². The van der Waals surface area contributed by atoms with E-state index in [1.807, 2.05) is 0 Å². The molecule has 2 aromatic rings. The summed E-state index contributed by atoms with van der Waals surface area (Å²) in [5, 5.41) is 16.3. The molecule has 1 heterocycles. The summed E-state index contributed by atoms with van der Waals surface area (Å²) in [4.78, 5) is 48.0. The van der Waals surface area contributed by atoms with Crippen LogP contribution < -0.4 is 20.3 Å². The number of carbonyl (C=O) groups excluding carboxylic acids is 3. The van der Waals surface area contributed by atoms with Gasteiger partial charge in [0.1, 0.15) is 5.75 Å². The average molecular weight is 412 g/mol. The van der Waals surface area contributed by atoms with Crippen LogP contribution >= 0.6 is 0 Å². The van der Waals surface area contributed by atoms with Gasteiger partial charge in [0.15, 0.2) is 0 Å². The van der Waals surface area contributed by atoms with Crippen LogP contribution in [0.3, 0.4) is 0 Å². The van der Waals surface area contributed by atoms with Gasteiger partial charge in [0.25, 0.3) is 5.69 Å². The number of nitro benzene ring substituents is 1. The number of methoxy groups -OCH3 is 1. The fraction of sp³-hybridized carbons (Fsp3) is 0.250. The number of anilines is 3. The highest BCUT2D eigenvalue weighted by atomic mass is 16.6. The molecule has 1 aliphatic heterocycles. The second kappa shape index (κ2) is 8.60. The summed E-state index contributed by atoms with van der Waals surface area (Å²) < 4.78 is 5.20. The molecule has 0 unspecified atom stereocenters. The molecule has 1 aliphatic rings. The number of hydrogen-bond acceptors (Lipinski definition) is 6. The normalized spacial score (nSPS) is 15.6. The lowest BCUT2D eigenvalue weighted by atomic mass is 10.1. The third kappa shape index (κ3) is 4.54. The van der Waals surface area contributed by atoms with Gasteiger partial charge in [-0.25, -0.2) is 0 Å². The van der Waals surface area contributed by atoms with E-state index in [2.05, 4.69) is 10.6 Å². The number of ether oxygens (including phenoxy) is 1. The van der Waals surface area contributed by atoms with Gasteiger partial charge in [-0.3, -0.25) is 24.5 Å². The summed E-state index contributed by atoms with van der Waals surface area (Å²) >= 11 is 0. The molecule has 0 bridgehead atoms. The van der Waals surface area contributed by atoms with Crippen molar-refractivity contribution in [2.45, 2.75) is 13.3 Å². The van der Waals surface area contributed by atoms with Crippen molar-refractivity contribution >= 4 is 40.5 Å². The summed E-state index contributed by atoms with van der Waals surface area (Å²) in [5.74, 6) is -1.19. The van der Waals surface area contributed by atoms with Crippen molar-refractivity contribution in [1.82, 2.24) is 0 Å². The molecule has 10 heteroatoms. The van der Waals surface area contributed by atoms with Gasteiger partial charge in [0.2, 0.25) is 17.7 Å². The van der Waals surface area contributed by atoms with Gasteiger partial charge in [-0.2, -0.15) is 0 Å². The zero-order valence-corrected chi connectivity index (χ0v) is 16.4. The highest BCUT2D eigenvalue weighted by molar-refractivity contribution is 6.04. The number of nitrogens with zero attached hydrogens (tertiary/aromatic N) is 2. The van der Waals surface area contributed by atoms with E-state index in [9.17, 15) is 24.5 Å². The molecule has 1 saturated heterocycles. The first-order valence-corrected chi connectivity index (χ1v) is 9.10. The lowest BCUT2D eigenvalue weighted by molar-refractivity contribution is -0.384. The van der Waals surface area contributed by atoms with E-state index in [1.54, 1.807) is 24.3 Å². The quantitative estimate of drug-likeness (QED) is 0.554. The van der Waals surface area contributed by atoms with Crippen LogP contribution in [-0.2, 0) is 14.4 Å². The first-order valence-electron chi connectivity index (χ1n) is 9.10. The van der Waals surface area contributed by atoms with Gasteiger partial charge < -0.3 is 20.3 Å². The number of nitrogens with one attached hydrogen (secondary N) is 2. The number of non-ortho nitro benzene ring substituents is 1. The maximum Gasteiger partial charge on any atom is 0.273 e. The van der Waals surface area contributed by atoms with Crippen molar-refractivity contribution in [2.24, 2.45) is 5.92 Å². The fourth-order valence-electron chi connectivity index (χ4n) is 3.20. The van der Waals surface area contributed by atoms with E-state index in [-0.39, 0.29) is 42.1 Å². The fourth-order valence-corrected chi connectivity index (χ4v) is 3.20. The highest BCUT2D eigenvalue weighted by Gasteiger charge is 2.36. The number of carbonyl (C=O) groups is 3. The maximum absolute atomic E-state index is 12.6. The predicted molar refractivity (Wildman–Crippen MR) is 109 cm³/mol. The SMILES string of the molecule is COc1cc([N+](=O)[O-])ccc1N1C[C@@H](C(=O)Nc2ccc(NC(C)=O)cc2)CC1=O. The Morgan fingerprint density at radius 1 is 1.13 bits per heavy atom. The molecule has 10 nitrogen and oxygen atoms in total. The van der Waals surface area contributed by atoms with Crippen LogP contribution in [0.4, 0.5) is 22.7 Å². The van der Waals surface area contributed by atoms with Gasteiger partial charge in [-0.05, 0) is 30.3 Å². The number of amides is 3. The molecule has 0 saturated carbocycles.